The van der Waals surface area contributed by atoms with Crippen molar-refractivity contribution in [1.29, 1.82) is 0 Å². The minimum Gasteiger partial charge on any atom is -0.211 e. The Kier molecular flexibility index (Phi) is 3.53. The highest BCUT2D eigenvalue weighted by atomic mass is 32.3. The molecule has 1 N–H and O–H groups in total. The fraction of sp³-hybridized carbons (Fsp3) is 1.00. The molecule has 0 rings (SSSR count). The molecule has 0 aromatic rings. The van der Waals surface area contributed by atoms with Gasteiger partial charge in [0.05, 0.1) is 5.25 Å². The highest BCUT2D eigenvalue weighted by Gasteiger charge is 2.13. The third kappa shape index (κ3) is 3.07. The van der Waals surface area contributed by atoms with Crippen LogP contribution in [0.5, 0.6) is 0 Å². The molecule has 0 bridgehead atoms. The summed E-state index contributed by atoms with van der Waals surface area (Å²) < 4.78 is 23.9. The highest BCUT2D eigenvalue weighted by molar-refractivity contribution is 8.08. The highest BCUT2D eigenvalue weighted by Crippen LogP contribution is 1.99. The van der Waals surface area contributed by atoms with Crippen LogP contribution >= 0.6 is 11.9 Å². The van der Waals surface area contributed by atoms with Crippen molar-refractivity contribution >= 4 is 22.0 Å². The van der Waals surface area contributed by atoms with Gasteiger partial charge in [0.15, 0.2) is 0 Å². The van der Waals surface area contributed by atoms with Crippen LogP contribution in [-0.4, -0.2) is 19.9 Å². The first kappa shape index (κ1) is 9.26. The normalized spacial score (nSPS) is 12.4. The molecule has 0 radical (unpaired) electrons. The van der Waals surface area contributed by atoms with Crippen LogP contribution in [0, 0.1) is 0 Å². The topological polar surface area (TPSA) is 46.2 Å². The molecule has 0 amide bonds. The maximum Gasteiger partial charge on any atom is 0.223 e. The standard InChI is InChI=1S/C4H11NO2S2/c1-4(2)9(6,7)5-8-3/h4-5H,1-3H3. The van der Waals surface area contributed by atoms with Crippen molar-refractivity contribution in [2.24, 2.45) is 0 Å². The molecule has 0 aromatic carbocycles. The van der Waals surface area contributed by atoms with Crippen molar-refractivity contribution in [1.82, 2.24) is 4.13 Å². The van der Waals surface area contributed by atoms with E-state index in [1.807, 2.05) is 0 Å². The maximum atomic E-state index is 10.8. The third-order valence-corrected chi connectivity index (χ3v) is 3.66. The lowest BCUT2D eigenvalue weighted by Gasteiger charge is -2.04. The van der Waals surface area contributed by atoms with Gasteiger partial charge < -0.3 is 0 Å². The number of rotatable bonds is 3. The second kappa shape index (κ2) is 3.43. The van der Waals surface area contributed by atoms with Gasteiger partial charge in [-0.3, -0.25) is 0 Å². The molecule has 0 fully saturated rings. The largest absolute Gasteiger partial charge is 0.223 e. The van der Waals surface area contributed by atoms with E-state index in [1.54, 1.807) is 20.1 Å². The van der Waals surface area contributed by atoms with E-state index < -0.39 is 10.0 Å². The Morgan fingerprint density at radius 2 is 1.89 bits per heavy atom. The number of sulfonamides is 1. The Hall–Kier alpha value is 0.260. The van der Waals surface area contributed by atoms with Crippen LogP contribution < -0.4 is 4.13 Å². The Bertz CT molecular complexity index is 161. The first-order valence-electron chi connectivity index (χ1n) is 2.54. The first-order chi connectivity index (χ1) is 4.00. The molecule has 0 heterocycles. The predicted molar refractivity (Wildman–Crippen MR) is 40.7 cm³/mol. The summed E-state index contributed by atoms with van der Waals surface area (Å²) in [5.74, 6) is 0. The fourth-order valence-electron chi connectivity index (χ4n) is 0.212. The monoisotopic (exact) mass is 169 g/mol. The van der Waals surface area contributed by atoms with E-state index in [0.717, 1.165) is 11.9 Å². The van der Waals surface area contributed by atoms with Crippen molar-refractivity contribution in [3.63, 3.8) is 0 Å². The lowest BCUT2D eigenvalue weighted by molar-refractivity contribution is 0.586. The van der Waals surface area contributed by atoms with Gasteiger partial charge in [-0.2, -0.15) is 4.13 Å². The van der Waals surface area contributed by atoms with Crippen molar-refractivity contribution in [2.45, 2.75) is 19.1 Å². The van der Waals surface area contributed by atoms with E-state index >= 15 is 0 Å². The minimum atomic E-state index is -3.04. The Labute approximate surface area is 60.4 Å². The van der Waals surface area contributed by atoms with Crippen LogP contribution in [0.1, 0.15) is 13.8 Å². The summed E-state index contributed by atoms with van der Waals surface area (Å²) in [7, 11) is -3.04. The van der Waals surface area contributed by atoms with Gasteiger partial charge >= 0.3 is 0 Å². The van der Waals surface area contributed by atoms with E-state index in [1.165, 1.54) is 0 Å². The summed E-state index contributed by atoms with van der Waals surface area (Å²) in [5.41, 5.74) is 0. The van der Waals surface area contributed by atoms with Gasteiger partial charge in [-0.1, -0.05) is 11.9 Å². The summed E-state index contributed by atoms with van der Waals surface area (Å²) in [6.45, 7) is 3.27. The summed E-state index contributed by atoms with van der Waals surface area (Å²) >= 11 is 1.10. The number of nitrogens with one attached hydrogen (secondary N) is 1. The maximum absolute atomic E-state index is 10.8. The molecule has 0 saturated heterocycles. The predicted octanol–water partition coefficient (Wildman–Crippen LogP) is 0.592. The summed E-state index contributed by atoms with van der Waals surface area (Å²) in [5, 5.41) is -0.343. The Balaban J connectivity index is 4.05. The summed E-state index contributed by atoms with van der Waals surface area (Å²) in [4.78, 5) is 0. The van der Waals surface area contributed by atoms with Gasteiger partial charge in [0.2, 0.25) is 10.0 Å². The van der Waals surface area contributed by atoms with Gasteiger partial charge in [0, 0.05) is 0 Å². The quantitative estimate of drug-likeness (QED) is 0.629. The van der Waals surface area contributed by atoms with Crippen molar-refractivity contribution in [2.75, 3.05) is 6.26 Å². The van der Waals surface area contributed by atoms with Crippen LogP contribution in [0.3, 0.4) is 0 Å². The molecule has 0 aliphatic heterocycles. The zero-order valence-electron chi connectivity index (χ0n) is 5.71. The SMILES string of the molecule is CSNS(=O)(=O)C(C)C. The van der Waals surface area contributed by atoms with Gasteiger partial charge in [0.25, 0.3) is 0 Å². The molecular formula is C4H11NO2S2. The van der Waals surface area contributed by atoms with Gasteiger partial charge in [-0.05, 0) is 20.1 Å². The van der Waals surface area contributed by atoms with Crippen LogP contribution in [0.2, 0.25) is 0 Å². The lowest BCUT2D eigenvalue weighted by Crippen LogP contribution is -2.25. The van der Waals surface area contributed by atoms with E-state index in [-0.39, 0.29) is 5.25 Å². The van der Waals surface area contributed by atoms with Gasteiger partial charge in [-0.15, -0.1) is 0 Å². The lowest BCUT2D eigenvalue weighted by atomic mass is 10.6. The van der Waals surface area contributed by atoms with Crippen LogP contribution in [0.4, 0.5) is 0 Å². The minimum absolute atomic E-state index is 0.343. The van der Waals surface area contributed by atoms with E-state index in [9.17, 15) is 8.42 Å². The van der Waals surface area contributed by atoms with Gasteiger partial charge in [-0.25, -0.2) is 8.42 Å². The Morgan fingerprint density at radius 3 is 2.00 bits per heavy atom. The average molecular weight is 169 g/mol. The number of hydrogen-bond acceptors (Lipinski definition) is 3. The smallest absolute Gasteiger partial charge is 0.211 e. The zero-order valence-corrected chi connectivity index (χ0v) is 7.34. The number of hydrogen-bond donors (Lipinski definition) is 1. The molecule has 0 atom stereocenters. The van der Waals surface area contributed by atoms with Gasteiger partial charge in [0.1, 0.15) is 0 Å². The first-order valence-corrected chi connectivity index (χ1v) is 5.31. The Morgan fingerprint density at radius 1 is 1.44 bits per heavy atom. The van der Waals surface area contributed by atoms with Crippen molar-refractivity contribution in [3.05, 3.63) is 0 Å². The molecule has 0 unspecified atom stereocenters. The molecule has 0 aliphatic rings. The molecule has 3 nitrogen and oxygen atoms in total. The van der Waals surface area contributed by atoms with E-state index in [0.29, 0.717) is 0 Å². The molecule has 5 heteroatoms. The average Bonchev–Trinajstić information content (AvgIpc) is 1.65. The van der Waals surface area contributed by atoms with Crippen LogP contribution in [0.15, 0.2) is 0 Å². The third-order valence-electron chi connectivity index (χ3n) is 0.820. The van der Waals surface area contributed by atoms with Crippen LogP contribution in [0.25, 0.3) is 0 Å². The molecular weight excluding hydrogens is 158 g/mol. The summed E-state index contributed by atoms with van der Waals surface area (Å²) in [6, 6.07) is 0. The second-order valence-corrected chi connectivity index (χ2v) is 4.99. The molecule has 0 aromatic heterocycles. The van der Waals surface area contributed by atoms with E-state index in [4.69, 9.17) is 0 Å². The van der Waals surface area contributed by atoms with E-state index in [2.05, 4.69) is 4.13 Å². The molecule has 0 spiro atoms. The second-order valence-electron chi connectivity index (χ2n) is 1.88. The molecule has 0 saturated carbocycles. The fourth-order valence-corrected chi connectivity index (χ4v) is 1.91. The van der Waals surface area contributed by atoms with Crippen LogP contribution in [-0.2, 0) is 10.0 Å². The molecule has 9 heavy (non-hydrogen) atoms. The molecule has 0 aliphatic carbocycles. The van der Waals surface area contributed by atoms with Crippen molar-refractivity contribution < 1.29 is 8.42 Å². The zero-order chi connectivity index (χ0) is 7.49. The van der Waals surface area contributed by atoms with Crippen molar-refractivity contribution in [3.8, 4) is 0 Å². The molecule has 56 valence electrons. The summed E-state index contributed by atoms with van der Waals surface area (Å²) in [6.07, 6.45) is 1.68.